The Labute approximate surface area is 238 Å². The smallest absolute Gasteiger partial charge is 0.306 e. The number of ether oxygens (including phenoxy) is 3. The number of carbonyl (C=O) groups excluding carboxylic acids is 3. The summed E-state index contributed by atoms with van der Waals surface area (Å²) in [6, 6.07) is 7.77. The van der Waals surface area contributed by atoms with Crippen molar-refractivity contribution in [1.29, 1.82) is 0 Å². The zero-order valence-corrected chi connectivity index (χ0v) is 23.7. The molecule has 1 fully saturated rings. The lowest BCUT2D eigenvalue weighted by atomic mass is 9.85. The number of amides is 1. The van der Waals surface area contributed by atoms with E-state index >= 15 is 0 Å². The van der Waals surface area contributed by atoms with E-state index in [2.05, 4.69) is 10.2 Å². The van der Waals surface area contributed by atoms with Crippen LogP contribution in [0.15, 0.2) is 36.4 Å². The largest absolute Gasteiger partial charge is 0.484 e. The molecule has 39 heavy (non-hydrogen) atoms. The number of rotatable bonds is 8. The van der Waals surface area contributed by atoms with E-state index in [0.29, 0.717) is 36.5 Å². The summed E-state index contributed by atoms with van der Waals surface area (Å²) in [5.74, 6) is -1.31. The van der Waals surface area contributed by atoms with Crippen molar-refractivity contribution in [3.63, 3.8) is 0 Å². The molecule has 2 aliphatic rings. The van der Waals surface area contributed by atoms with Crippen molar-refractivity contribution < 1.29 is 33.0 Å². The standard InChI is InChI=1S/C28H32ClFN2O6.ClH/c1-17(33)18-7-9-23-20(15-18)25(31-27(35)19-6-8-22(30)21(29)16-19)26(28(2,3)38-23)37-24(34)5-4-10-32-11-13-36-14-12-32;/h6-9,15-16,25-26H,4-5,10-14H2,1-3H3,(H,31,35);1H/t25-,26-;/m0./s1. The van der Waals surface area contributed by atoms with Gasteiger partial charge in [-0.05, 0) is 70.1 Å². The van der Waals surface area contributed by atoms with Crippen LogP contribution in [-0.2, 0) is 14.3 Å². The lowest BCUT2D eigenvalue weighted by Gasteiger charge is -2.44. The third kappa shape index (κ3) is 7.48. The fourth-order valence-corrected chi connectivity index (χ4v) is 4.89. The number of hydrogen-bond donors (Lipinski definition) is 1. The van der Waals surface area contributed by atoms with Gasteiger partial charge < -0.3 is 19.5 Å². The molecule has 1 amide bonds. The Morgan fingerprint density at radius 3 is 2.49 bits per heavy atom. The Morgan fingerprint density at radius 1 is 1.13 bits per heavy atom. The van der Waals surface area contributed by atoms with E-state index in [1.54, 1.807) is 32.0 Å². The van der Waals surface area contributed by atoms with E-state index in [1.165, 1.54) is 19.1 Å². The van der Waals surface area contributed by atoms with Gasteiger partial charge in [-0.3, -0.25) is 19.3 Å². The molecule has 2 aromatic carbocycles. The number of morpholine rings is 1. The highest BCUT2D eigenvalue weighted by atomic mass is 35.5. The molecule has 4 rings (SSSR count). The maximum absolute atomic E-state index is 13.7. The van der Waals surface area contributed by atoms with Crippen LogP contribution in [0.3, 0.4) is 0 Å². The van der Waals surface area contributed by atoms with Crippen LogP contribution in [0.4, 0.5) is 4.39 Å². The van der Waals surface area contributed by atoms with Gasteiger partial charge in [-0.1, -0.05) is 11.6 Å². The molecule has 0 aliphatic carbocycles. The van der Waals surface area contributed by atoms with Crippen LogP contribution in [0.5, 0.6) is 5.75 Å². The van der Waals surface area contributed by atoms with Crippen LogP contribution in [0.2, 0.25) is 5.02 Å². The average molecular weight is 583 g/mol. The maximum Gasteiger partial charge on any atom is 0.306 e. The van der Waals surface area contributed by atoms with Crippen molar-refractivity contribution in [3.8, 4) is 5.75 Å². The number of carbonyl (C=O) groups is 3. The molecule has 8 nitrogen and oxygen atoms in total. The third-order valence-corrected chi connectivity index (χ3v) is 7.09. The highest BCUT2D eigenvalue weighted by Crippen LogP contribution is 2.42. The van der Waals surface area contributed by atoms with Gasteiger partial charge in [-0.2, -0.15) is 0 Å². The van der Waals surface area contributed by atoms with Crippen molar-refractivity contribution >= 4 is 41.7 Å². The fraction of sp³-hybridized carbons (Fsp3) is 0.464. The number of hydrogen-bond acceptors (Lipinski definition) is 7. The topological polar surface area (TPSA) is 94.2 Å². The first kappa shape index (κ1) is 30.8. The molecule has 212 valence electrons. The number of ketones is 1. The summed E-state index contributed by atoms with van der Waals surface area (Å²) in [4.78, 5) is 40.6. The first-order valence-electron chi connectivity index (χ1n) is 12.6. The van der Waals surface area contributed by atoms with Gasteiger partial charge >= 0.3 is 5.97 Å². The minimum Gasteiger partial charge on any atom is -0.484 e. The van der Waals surface area contributed by atoms with Crippen molar-refractivity contribution in [3.05, 3.63) is 63.9 Å². The Balaban J connectivity index is 0.00000420. The van der Waals surface area contributed by atoms with Crippen LogP contribution < -0.4 is 10.1 Å². The van der Waals surface area contributed by atoms with E-state index in [1.807, 2.05) is 0 Å². The highest BCUT2D eigenvalue weighted by molar-refractivity contribution is 6.31. The molecule has 2 aromatic rings. The monoisotopic (exact) mass is 582 g/mol. The van der Waals surface area contributed by atoms with Crippen LogP contribution in [-0.4, -0.2) is 67.1 Å². The SMILES string of the molecule is CC(=O)c1ccc2c(c1)[C@H](NC(=O)c1ccc(F)c(Cl)c1)[C@H](OC(=O)CCCN1CCOCC1)C(C)(C)O2.Cl. The Morgan fingerprint density at radius 2 is 1.82 bits per heavy atom. The van der Waals surface area contributed by atoms with Crippen molar-refractivity contribution in [2.24, 2.45) is 0 Å². The first-order valence-corrected chi connectivity index (χ1v) is 13.0. The lowest BCUT2D eigenvalue weighted by molar-refractivity contribution is -0.165. The van der Waals surface area contributed by atoms with E-state index in [-0.39, 0.29) is 35.2 Å². The molecule has 1 N–H and O–H groups in total. The van der Waals surface area contributed by atoms with Crippen LogP contribution in [0.1, 0.15) is 65.9 Å². The average Bonchev–Trinajstić information content (AvgIpc) is 2.87. The van der Waals surface area contributed by atoms with E-state index in [0.717, 1.165) is 25.7 Å². The molecule has 0 spiro atoms. The first-order chi connectivity index (χ1) is 18.0. The molecule has 0 bridgehead atoms. The number of halogens is 3. The van der Waals surface area contributed by atoms with E-state index in [9.17, 15) is 18.8 Å². The number of fused-ring (bicyclic) bond motifs is 1. The zero-order valence-electron chi connectivity index (χ0n) is 22.1. The summed E-state index contributed by atoms with van der Waals surface area (Å²) in [5.41, 5.74) is 0.0557. The molecule has 11 heteroatoms. The zero-order chi connectivity index (χ0) is 27.4. The predicted octanol–water partition coefficient (Wildman–Crippen LogP) is 4.77. The molecular formula is C28H33Cl2FN2O6. The Kier molecular flexibility index (Phi) is 10.3. The fourth-order valence-electron chi connectivity index (χ4n) is 4.71. The van der Waals surface area contributed by atoms with Gasteiger partial charge in [0.2, 0.25) is 0 Å². The number of benzene rings is 2. The molecule has 2 aliphatic heterocycles. The lowest BCUT2D eigenvalue weighted by Crippen LogP contribution is -2.55. The normalized spacial score (nSPS) is 20.1. The third-order valence-electron chi connectivity index (χ3n) is 6.80. The number of nitrogens with zero attached hydrogens (tertiary/aromatic N) is 1. The number of esters is 1. The summed E-state index contributed by atoms with van der Waals surface area (Å²) in [5, 5.41) is 2.72. The van der Waals surface area contributed by atoms with Gasteiger partial charge in [0.1, 0.15) is 17.2 Å². The quantitative estimate of drug-likeness (QED) is 0.354. The summed E-state index contributed by atoms with van der Waals surface area (Å²) >= 11 is 5.89. The summed E-state index contributed by atoms with van der Waals surface area (Å²) in [6.07, 6.45) is -0.102. The number of Topliss-reactive ketones (excluding diaryl/α,β-unsaturated/α-hetero) is 1. The molecule has 2 heterocycles. The van der Waals surface area contributed by atoms with Crippen LogP contribution in [0.25, 0.3) is 0 Å². The van der Waals surface area contributed by atoms with Gasteiger partial charge in [-0.25, -0.2) is 4.39 Å². The molecule has 1 saturated heterocycles. The predicted molar refractivity (Wildman–Crippen MR) is 146 cm³/mol. The second-order valence-corrected chi connectivity index (χ2v) is 10.5. The summed E-state index contributed by atoms with van der Waals surface area (Å²) in [7, 11) is 0. The van der Waals surface area contributed by atoms with Crippen molar-refractivity contribution in [2.45, 2.75) is 51.4 Å². The molecular weight excluding hydrogens is 550 g/mol. The van der Waals surface area contributed by atoms with E-state index < -0.39 is 35.4 Å². The van der Waals surface area contributed by atoms with Gasteiger partial charge in [0.15, 0.2) is 11.9 Å². The molecule has 0 aromatic heterocycles. The van der Waals surface area contributed by atoms with E-state index in [4.69, 9.17) is 25.8 Å². The molecule has 0 unspecified atom stereocenters. The number of nitrogens with one attached hydrogen (secondary N) is 1. The summed E-state index contributed by atoms with van der Waals surface area (Å²) in [6.45, 7) is 8.75. The second kappa shape index (κ2) is 13.1. The maximum atomic E-state index is 13.7. The van der Waals surface area contributed by atoms with Gasteiger partial charge in [0, 0.05) is 36.2 Å². The minimum absolute atomic E-state index is 0. The van der Waals surface area contributed by atoms with Crippen LogP contribution >= 0.6 is 24.0 Å². The van der Waals surface area contributed by atoms with Gasteiger partial charge in [0.25, 0.3) is 5.91 Å². The second-order valence-electron chi connectivity index (χ2n) is 10.1. The summed E-state index contributed by atoms with van der Waals surface area (Å²) < 4.78 is 31.2. The Bertz CT molecular complexity index is 1220. The minimum atomic E-state index is -1.01. The molecule has 2 atom stereocenters. The molecule has 0 saturated carbocycles. The van der Waals surface area contributed by atoms with Gasteiger partial charge in [0.05, 0.1) is 24.3 Å². The van der Waals surface area contributed by atoms with Crippen molar-refractivity contribution in [2.75, 3.05) is 32.8 Å². The molecule has 0 radical (unpaired) electrons. The highest BCUT2D eigenvalue weighted by Gasteiger charge is 2.47. The Hall–Kier alpha value is -2.72. The van der Waals surface area contributed by atoms with Crippen LogP contribution in [0, 0.1) is 5.82 Å². The van der Waals surface area contributed by atoms with Crippen molar-refractivity contribution in [1.82, 2.24) is 10.2 Å². The van der Waals surface area contributed by atoms with Gasteiger partial charge in [-0.15, -0.1) is 12.4 Å².